The average molecular weight is 249 g/mol. The van der Waals surface area contributed by atoms with Crippen molar-refractivity contribution in [2.45, 2.75) is 39.2 Å². The molecule has 1 amide bonds. The van der Waals surface area contributed by atoms with Crippen molar-refractivity contribution in [2.24, 2.45) is 7.05 Å². The topological polar surface area (TPSA) is 55.2 Å². The number of aromatic nitrogens is 2. The fourth-order valence-corrected chi connectivity index (χ4v) is 2.61. The van der Waals surface area contributed by atoms with Crippen molar-refractivity contribution < 1.29 is 9.59 Å². The van der Waals surface area contributed by atoms with Crippen molar-refractivity contribution in [2.75, 3.05) is 6.54 Å². The van der Waals surface area contributed by atoms with Crippen molar-refractivity contribution in [1.82, 2.24) is 14.7 Å². The van der Waals surface area contributed by atoms with Gasteiger partial charge in [-0.25, -0.2) is 0 Å². The quantitative estimate of drug-likeness (QED) is 0.811. The molecule has 18 heavy (non-hydrogen) atoms. The average Bonchev–Trinajstić information content (AvgIpc) is 2.83. The number of nitrogens with zero attached hydrogens (tertiary/aromatic N) is 3. The maximum Gasteiger partial charge on any atom is 0.272 e. The summed E-state index contributed by atoms with van der Waals surface area (Å²) in [5.74, 6) is 0.128. The van der Waals surface area contributed by atoms with Crippen molar-refractivity contribution in [3.63, 3.8) is 0 Å². The standard InChI is InChI=1S/C13H19N3O2/c1-9-7-12(15(3)14-9)13(18)16-6-4-5-11(16)8-10(2)17/h7,11H,4-6,8H2,1-3H3. The van der Waals surface area contributed by atoms with E-state index in [9.17, 15) is 9.59 Å². The molecular weight excluding hydrogens is 230 g/mol. The Morgan fingerprint density at radius 2 is 2.22 bits per heavy atom. The lowest BCUT2D eigenvalue weighted by Crippen LogP contribution is -2.37. The lowest BCUT2D eigenvalue weighted by Gasteiger charge is -2.23. The summed E-state index contributed by atoms with van der Waals surface area (Å²) in [4.78, 5) is 25.5. The Morgan fingerprint density at radius 3 is 2.78 bits per heavy atom. The minimum absolute atomic E-state index is 0.0122. The predicted octanol–water partition coefficient (Wildman–Crippen LogP) is 1.31. The first kappa shape index (κ1) is 12.8. The number of amides is 1. The molecule has 1 aromatic heterocycles. The largest absolute Gasteiger partial charge is 0.334 e. The number of Topliss-reactive ketones (excluding diaryl/α,β-unsaturated/α-hetero) is 1. The van der Waals surface area contributed by atoms with Crippen LogP contribution < -0.4 is 0 Å². The molecule has 0 aliphatic carbocycles. The zero-order valence-electron chi connectivity index (χ0n) is 11.1. The number of likely N-dealkylation sites (tertiary alicyclic amines) is 1. The molecule has 1 saturated heterocycles. The summed E-state index contributed by atoms with van der Waals surface area (Å²) in [5.41, 5.74) is 1.44. The molecule has 1 aliphatic heterocycles. The van der Waals surface area contributed by atoms with Crippen molar-refractivity contribution in [3.05, 3.63) is 17.5 Å². The van der Waals surface area contributed by atoms with Crippen LogP contribution in [0.25, 0.3) is 0 Å². The number of rotatable bonds is 3. The summed E-state index contributed by atoms with van der Waals surface area (Å²) < 4.78 is 1.61. The van der Waals surface area contributed by atoms with E-state index in [0.29, 0.717) is 12.1 Å². The van der Waals surface area contributed by atoms with Crippen LogP contribution in [-0.4, -0.2) is 39.0 Å². The highest BCUT2D eigenvalue weighted by Crippen LogP contribution is 2.22. The van der Waals surface area contributed by atoms with Gasteiger partial charge >= 0.3 is 0 Å². The van der Waals surface area contributed by atoms with Crippen molar-refractivity contribution in [1.29, 1.82) is 0 Å². The fraction of sp³-hybridized carbons (Fsp3) is 0.615. The van der Waals surface area contributed by atoms with Gasteiger partial charge in [-0.05, 0) is 32.8 Å². The van der Waals surface area contributed by atoms with Crippen LogP contribution in [0.15, 0.2) is 6.07 Å². The van der Waals surface area contributed by atoms with Crippen LogP contribution in [0.3, 0.4) is 0 Å². The van der Waals surface area contributed by atoms with Crippen LogP contribution in [0.4, 0.5) is 0 Å². The van der Waals surface area contributed by atoms with E-state index in [0.717, 1.165) is 25.1 Å². The first-order valence-electron chi connectivity index (χ1n) is 6.30. The molecule has 2 heterocycles. The molecule has 0 aromatic carbocycles. The van der Waals surface area contributed by atoms with Gasteiger partial charge in [-0.15, -0.1) is 0 Å². The Morgan fingerprint density at radius 1 is 1.50 bits per heavy atom. The van der Waals surface area contributed by atoms with Gasteiger partial charge < -0.3 is 4.90 Å². The number of hydrogen-bond acceptors (Lipinski definition) is 3. The van der Waals surface area contributed by atoms with Crippen LogP contribution in [-0.2, 0) is 11.8 Å². The molecule has 0 N–H and O–H groups in total. The van der Waals surface area contributed by atoms with E-state index in [2.05, 4.69) is 5.10 Å². The molecule has 2 rings (SSSR count). The molecular formula is C13H19N3O2. The smallest absolute Gasteiger partial charge is 0.272 e. The molecule has 98 valence electrons. The molecule has 1 aliphatic rings. The summed E-state index contributed by atoms with van der Waals surface area (Å²) in [6.45, 7) is 4.18. The van der Waals surface area contributed by atoms with E-state index in [1.807, 2.05) is 11.8 Å². The third-order valence-electron chi connectivity index (χ3n) is 3.38. The molecule has 0 bridgehead atoms. The molecule has 1 unspecified atom stereocenters. The summed E-state index contributed by atoms with van der Waals surface area (Å²) in [6.07, 6.45) is 2.35. The van der Waals surface area contributed by atoms with E-state index in [1.165, 1.54) is 0 Å². The molecule has 0 saturated carbocycles. The maximum absolute atomic E-state index is 12.4. The van der Waals surface area contributed by atoms with Crippen LogP contribution in [0.1, 0.15) is 42.4 Å². The van der Waals surface area contributed by atoms with Gasteiger partial charge in [0.05, 0.1) is 5.69 Å². The predicted molar refractivity (Wildman–Crippen MR) is 67.3 cm³/mol. The lowest BCUT2D eigenvalue weighted by atomic mass is 10.1. The van der Waals surface area contributed by atoms with Gasteiger partial charge in [0.15, 0.2) is 0 Å². The second kappa shape index (κ2) is 4.92. The second-order valence-corrected chi connectivity index (χ2v) is 5.00. The number of carbonyl (C=O) groups excluding carboxylic acids is 2. The van der Waals surface area contributed by atoms with E-state index in [4.69, 9.17) is 0 Å². The highest BCUT2D eigenvalue weighted by Gasteiger charge is 2.31. The van der Waals surface area contributed by atoms with E-state index in [1.54, 1.807) is 24.7 Å². The Kier molecular flexibility index (Phi) is 3.50. The molecule has 5 heteroatoms. The highest BCUT2D eigenvalue weighted by atomic mass is 16.2. The van der Waals surface area contributed by atoms with Gasteiger partial charge in [-0.1, -0.05) is 0 Å². The number of ketones is 1. The molecule has 0 spiro atoms. The van der Waals surface area contributed by atoms with Gasteiger partial charge in [0.1, 0.15) is 11.5 Å². The molecule has 0 radical (unpaired) electrons. The van der Waals surface area contributed by atoms with Crippen LogP contribution in [0, 0.1) is 6.92 Å². The first-order chi connectivity index (χ1) is 8.49. The Labute approximate surface area is 107 Å². The highest BCUT2D eigenvalue weighted by molar-refractivity contribution is 5.93. The van der Waals surface area contributed by atoms with E-state index < -0.39 is 0 Å². The van der Waals surface area contributed by atoms with Crippen LogP contribution in [0.5, 0.6) is 0 Å². The zero-order valence-corrected chi connectivity index (χ0v) is 11.1. The lowest BCUT2D eigenvalue weighted by molar-refractivity contribution is -0.117. The summed E-state index contributed by atoms with van der Waals surface area (Å²) in [7, 11) is 1.77. The van der Waals surface area contributed by atoms with Crippen molar-refractivity contribution >= 4 is 11.7 Å². The Bertz CT molecular complexity index is 479. The molecule has 5 nitrogen and oxygen atoms in total. The third-order valence-corrected chi connectivity index (χ3v) is 3.38. The minimum atomic E-state index is -0.0122. The van der Waals surface area contributed by atoms with Crippen LogP contribution >= 0.6 is 0 Å². The first-order valence-corrected chi connectivity index (χ1v) is 6.30. The van der Waals surface area contributed by atoms with E-state index in [-0.39, 0.29) is 17.7 Å². The molecule has 1 aromatic rings. The van der Waals surface area contributed by atoms with Gasteiger partial charge in [0, 0.05) is 26.1 Å². The van der Waals surface area contributed by atoms with Crippen LogP contribution in [0.2, 0.25) is 0 Å². The maximum atomic E-state index is 12.4. The number of hydrogen-bond donors (Lipinski definition) is 0. The van der Waals surface area contributed by atoms with Crippen molar-refractivity contribution in [3.8, 4) is 0 Å². The summed E-state index contributed by atoms with van der Waals surface area (Å²) in [5, 5.41) is 4.19. The minimum Gasteiger partial charge on any atom is -0.334 e. The Balaban J connectivity index is 2.17. The van der Waals surface area contributed by atoms with Gasteiger partial charge in [0.2, 0.25) is 0 Å². The summed E-state index contributed by atoms with van der Waals surface area (Å²) in [6, 6.07) is 1.86. The fourth-order valence-electron chi connectivity index (χ4n) is 2.61. The van der Waals surface area contributed by atoms with Gasteiger partial charge in [0.25, 0.3) is 5.91 Å². The number of aryl methyl sites for hydroxylation is 2. The van der Waals surface area contributed by atoms with Gasteiger partial charge in [-0.2, -0.15) is 5.10 Å². The van der Waals surface area contributed by atoms with E-state index >= 15 is 0 Å². The SMILES string of the molecule is CC(=O)CC1CCCN1C(=O)c1cc(C)nn1C. The zero-order chi connectivity index (χ0) is 13.3. The second-order valence-electron chi connectivity index (χ2n) is 5.00. The normalized spacial score (nSPS) is 19.3. The van der Waals surface area contributed by atoms with Gasteiger partial charge in [-0.3, -0.25) is 14.3 Å². The monoisotopic (exact) mass is 249 g/mol. The third kappa shape index (κ3) is 2.44. The number of carbonyl (C=O) groups is 2. The Hall–Kier alpha value is -1.65. The summed E-state index contributed by atoms with van der Waals surface area (Å²) >= 11 is 0. The molecule has 1 atom stereocenters. The molecule has 1 fully saturated rings.